The summed E-state index contributed by atoms with van der Waals surface area (Å²) in [4.78, 5) is 38.4. The second kappa shape index (κ2) is 8.53. The van der Waals surface area contributed by atoms with Crippen molar-refractivity contribution in [3.8, 4) is 5.75 Å². The van der Waals surface area contributed by atoms with Crippen molar-refractivity contribution in [1.82, 2.24) is 10.2 Å². The van der Waals surface area contributed by atoms with Crippen LogP contribution in [0.2, 0.25) is 5.02 Å². The van der Waals surface area contributed by atoms with Crippen LogP contribution in [0.4, 0.5) is 10.5 Å². The molecule has 152 valence electrons. The lowest BCUT2D eigenvalue weighted by Gasteiger charge is -2.21. The molecule has 1 heterocycles. The van der Waals surface area contributed by atoms with Gasteiger partial charge in [0, 0.05) is 0 Å². The van der Waals surface area contributed by atoms with Gasteiger partial charge in [0.1, 0.15) is 17.8 Å². The molecule has 4 amide bonds. The first-order valence-corrected chi connectivity index (χ1v) is 9.51. The molecule has 3 rings (SSSR count). The number of hydrogen-bond acceptors (Lipinski definition) is 4. The number of imide groups is 1. The van der Waals surface area contributed by atoms with E-state index in [9.17, 15) is 14.4 Å². The molecule has 29 heavy (non-hydrogen) atoms. The van der Waals surface area contributed by atoms with E-state index < -0.39 is 23.4 Å². The third-order valence-electron chi connectivity index (χ3n) is 4.87. The number of halogens is 1. The monoisotopic (exact) mass is 415 g/mol. The van der Waals surface area contributed by atoms with E-state index in [0.29, 0.717) is 23.6 Å². The third-order valence-corrected chi connectivity index (χ3v) is 5.20. The number of carbonyl (C=O) groups excluding carboxylic acids is 3. The van der Waals surface area contributed by atoms with Gasteiger partial charge in [-0.15, -0.1) is 0 Å². The van der Waals surface area contributed by atoms with E-state index in [2.05, 4.69) is 10.6 Å². The molecule has 1 saturated heterocycles. The van der Waals surface area contributed by atoms with Gasteiger partial charge in [0.2, 0.25) is 5.91 Å². The van der Waals surface area contributed by atoms with Crippen LogP contribution >= 0.6 is 11.6 Å². The van der Waals surface area contributed by atoms with E-state index in [1.807, 2.05) is 24.3 Å². The molecule has 0 bridgehead atoms. The second-order valence-corrected chi connectivity index (χ2v) is 7.44. The lowest BCUT2D eigenvalue weighted by Crippen LogP contribution is -2.45. The SMILES string of the molecule is COc1ccc(CC[C@@]2(C)NC(=O)N(CC(=O)Nc3ccccc3Cl)C2=O)cc1. The van der Waals surface area contributed by atoms with Crippen LogP contribution in [0.1, 0.15) is 18.9 Å². The number of para-hydroxylation sites is 1. The van der Waals surface area contributed by atoms with Gasteiger partial charge in [-0.3, -0.25) is 14.5 Å². The van der Waals surface area contributed by atoms with Gasteiger partial charge in [-0.05, 0) is 49.6 Å². The summed E-state index contributed by atoms with van der Waals surface area (Å²) in [6.45, 7) is 1.29. The predicted molar refractivity (Wildman–Crippen MR) is 110 cm³/mol. The molecule has 1 fully saturated rings. The van der Waals surface area contributed by atoms with Crippen molar-refractivity contribution in [2.75, 3.05) is 19.0 Å². The number of hydrogen-bond donors (Lipinski definition) is 2. The van der Waals surface area contributed by atoms with Crippen molar-refractivity contribution in [1.29, 1.82) is 0 Å². The largest absolute Gasteiger partial charge is 0.497 e. The summed E-state index contributed by atoms with van der Waals surface area (Å²) < 4.78 is 5.14. The number of ether oxygens (including phenoxy) is 1. The zero-order valence-corrected chi connectivity index (χ0v) is 17.0. The van der Waals surface area contributed by atoms with E-state index in [1.165, 1.54) is 0 Å². The van der Waals surface area contributed by atoms with E-state index in [1.54, 1.807) is 38.3 Å². The van der Waals surface area contributed by atoms with Crippen LogP contribution < -0.4 is 15.4 Å². The Morgan fingerprint density at radius 2 is 1.86 bits per heavy atom. The van der Waals surface area contributed by atoms with Gasteiger partial charge in [-0.2, -0.15) is 0 Å². The molecule has 7 nitrogen and oxygen atoms in total. The molecular formula is C21H22ClN3O4. The average molecular weight is 416 g/mol. The molecular weight excluding hydrogens is 394 g/mol. The Morgan fingerprint density at radius 1 is 1.17 bits per heavy atom. The summed E-state index contributed by atoms with van der Waals surface area (Å²) in [5, 5.41) is 5.71. The Hall–Kier alpha value is -3.06. The number of nitrogens with one attached hydrogen (secondary N) is 2. The highest BCUT2D eigenvalue weighted by Gasteiger charge is 2.47. The van der Waals surface area contributed by atoms with Crippen LogP contribution in [0, 0.1) is 0 Å². The van der Waals surface area contributed by atoms with Gasteiger partial charge in [-0.1, -0.05) is 35.9 Å². The van der Waals surface area contributed by atoms with E-state index >= 15 is 0 Å². The quantitative estimate of drug-likeness (QED) is 0.679. The molecule has 2 aromatic carbocycles. The van der Waals surface area contributed by atoms with Crippen molar-refractivity contribution in [2.45, 2.75) is 25.3 Å². The highest BCUT2D eigenvalue weighted by Crippen LogP contribution is 2.25. The van der Waals surface area contributed by atoms with Crippen LogP contribution in [0.15, 0.2) is 48.5 Å². The topological polar surface area (TPSA) is 87.7 Å². The molecule has 0 aromatic heterocycles. The number of methoxy groups -OCH3 is 1. The summed E-state index contributed by atoms with van der Waals surface area (Å²) in [6, 6.07) is 13.7. The number of nitrogens with zero attached hydrogens (tertiary/aromatic N) is 1. The molecule has 0 saturated carbocycles. The zero-order valence-electron chi connectivity index (χ0n) is 16.2. The Labute approximate surface area is 174 Å². The van der Waals surface area contributed by atoms with Gasteiger partial charge < -0.3 is 15.4 Å². The van der Waals surface area contributed by atoms with Crippen LogP contribution in [0.3, 0.4) is 0 Å². The zero-order chi connectivity index (χ0) is 21.0. The van der Waals surface area contributed by atoms with E-state index in [0.717, 1.165) is 16.2 Å². The van der Waals surface area contributed by atoms with Crippen molar-refractivity contribution in [3.05, 3.63) is 59.1 Å². The van der Waals surface area contributed by atoms with Crippen molar-refractivity contribution in [3.63, 3.8) is 0 Å². The number of amides is 4. The first-order chi connectivity index (χ1) is 13.8. The minimum atomic E-state index is -1.07. The highest BCUT2D eigenvalue weighted by atomic mass is 35.5. The number of urea groups is 1. The average Bonchev–Trinajstić information content (AvgIpc) is 2.92. The highest BCUT2D eigenvalue weighted by molar-refractivity contribution is 6.33. The standard InChI is InChI=1S/C21H22ClN3O4/c1-21(12-11-14-7-9-15(29-2)10-8-14)19(27)25(20(28)24-21)13-18(26)23-17-6-4-3-5-16(17)22/h3-10H,11-13H2,1-2H3,(H,23,26)(H,24,28)/t21-/m1/s1. The van der Waals surface area contributed by atoms with Gasteiger partial charge in [0.25, 0.3) is 5.91 Å². The molecule has 1 aliphatic rings. The van der Waals surface area contributed by atoms with Crippen LogP contribution in [-0.2, 0) is 16.0 Å². The first-order valence-electron chi connectivity index (χ1n) is 9.14. The van der Waals surface area contributed by atoms with Crippen LogP contribution in [0.5, 0.6) is 5.75 Å². The minimum Gasteiger partial charge on any atom is -0.497 e. The number of benzene rings is 2. The fraction of sp³-hybridized carbons (Fsp3) is 0.286. The fourth-order valence-corrected chi connectivity index (χ4v) is 3.33. The number of aryl methyl sites for hydroxylation is 1. The van der Waals surface area contributed by atoms with Crippen LogP contribution in [0.25, 0.3) is 0 Å². The van der Waals surface area contributed by atoms with E-state index in [-0.39, 0.29) is 6.54 Å². The Morgan fingerprint density at radius 3 is 2.52 bits per heavy atom. The molecule has 0 radical (unpaired) electrons. The Balaban J connectivity index is 1.61. The summed E-state index contributed by atoms with van der Waals surface area (Å²) in [7, 11) is 1.60. The Bertz CT molecular complexity index is 932. The molecule has 2 aromatic rings. The van der Waals surface area contributed by atoms with Gasteiger partial charge >= 0.3 is 6.03 Å². The third kappa shape index (κ3) is 4.68. The maximum Gasteiger partial charge on any atom is 0.325 e. The van der Waals surface area contributed by atoms with E-state index in [4.69, 9.17) is 16.3 Å². The fourth-order valence-electron chi connectivity index (χ4n) is 3.14. The summed E-state index contributed by atoms with van der Waals surface area (Å²) in [5.41, 5.74) is 0.374. The summed E-state index contributed by atoms with van der Waals surface area (Å²) in [6.07, 6.45) is 0.999. The first kappa shape index (κ1) is 20.7. The predicted octanol–water partition coefficient (Wildman–Crippen LogP) is 3.23. The van der Waals surface area contributed by atoms with Gasteiger partial charge in [0.05, 0.1) is 17.8 Å². The lowest BCUT2D eigenvalue weighted by atomic mass is 9.93. The Kier molecular flexibility index (Phi) is 6.08. The molecule has 1 atom stereocenters. The van der Waals surface area contributed by atoms with Gasteiger partial charge in [-0.25, -0.2) is 4.79 Å². The lowest BCUT2D eigenvalue weighted by molar-refractivity contribution is -0.133. The molecule has 0 aliphatic carbocycles. The molecule has 0 spiro atoms. The number of rotatable bonds is 7. The molecule has 2 N–H and O–H groups in total. The smallest absolute Gasteiger partial charge is 0.325 e. The number of carbonyl (C=O) groups is 3. The van der Waals surface area contributed by atoms with Crippen molar-refractivity contribution < 1.29 is 19.1 Å². The molecule has 1 aliphatic heterocycles. The van der Waals surface area contributed by atoms with Crippen LogP contribution in [-0.4, -0.2) is 41.9 Å². The van der Waals surface area contributed by atoms with Gasteiger partial charge in [0.15, 0.2) is 0 Å². The normalized spacial score (nSPS) is 18.5. The molecule has 0 unspecified atom stereocenters. The van der Waals surface area contributed by atoms with Crippen molar-refractivity contribution >= 4 is 35.1 Å². The maximum absolute atomic E-state index is 12.8. The second-order valence-electron chi connectivity index (χ2n) is 7.03. The maximum atomic E-state index is 12.8. The molecule has 8 heteroatoms. The van der Waals surface area contributed by atoms with Crippen molar-refractivity contribution in [2.24, 2.45) is 0 Å². The number of anilines is 1. The summed E-state index contributed by atoms with van der Waals surface area (Å²) >= 11 is 6.02. The minimum absolute atomic E-state index is 0.377. The summed E-state index contributed by atoms with van der Waals surface area (Å²) in [5.74, 6) is -0.174.